The minimum atomic E-state index is -5.71. The van der Waals surface area contributed by atoms with E-state index in [2.05, 4.69) is 26.5 Å². The molecule has 1 aliphatic rings. The van der Waals surface area contributed by atoms with E-state index in [1.54, 1.807) is 14.0 Å². The molecule has 1 aromatic rings. The molecule has 2 N–H and O–H groups in total. The average Bonchev–Trinajstić information content (AvgIpc) is 2.68. The molecule has 1 aliphatic heterocycles. The zero-order valence-corrected chi connectivity index (χ0v) is 17.4. The van der Waals surface area contributed by atoms with Crippen molar-refractivity contribution < 1.29 is 26.7 Å². The van der Waals surface area contributed by atoms with Gasteiger partial charge in [-0.3, -0.25) is 4.99 Å². The van der Waals surface area contributed by atoms with Crippen LogP contribution in [0.2, 0.25) is 0 Å². The van der Waals surface area contributed by atoms with Gasteiger partial charge in [0.2, 0.25) is 5.96 Å². The lowest BCUT2D eigenvalue weighted by Crippen LogP contribution is -2.42. The van der Waals surface area contributed by atoms with E-state index >= 15 is 0 Å². The number of hydrogen-bond acceptors (Lipinski definition) is 3. The molecular formula is C20H29F5N4O. The van der Waals surface area contributed by atoms with Crippen molar-refractivity contribution in [2.24, 2.45) is 15.7 Å². The first-order valence-corrected chi connectivity index (χ1v) is 9.70. The summed E-state index contributed by atoms with van der Waals surface area (Å²) in [6.07, 6.45) is -4.68. The Bertz CT molecular complexity index is 681. The van der Waals surface area contributed by atoms with Crippen molar-refractivity contribution in [1.82, 2.24) is 4.90 Å². The van der Waals surface area contributed by atoms with Crippen LogP contribution in [0.5, 0.6) is 5.75 Å². The van der Waals surface area contributed by atoms with Crippen LogP contribution in [0.1, 0.15) is 38.2 Å². The SMILES string of the molecule is CCC/C=N\C(=NC)N1CCC(N)CC1.Cc1ccc(OC(F)(F)C(F)(F)F)cc1. The Morgan fingerprint density at radius 2 is 1.73 bits per heavy atom. The second kappa shape index (κ2) is 11.8. The maximum Gasteiger partial charge on any atom is 0.499 e. The molecule has 10 heteroatoms. The lowest BCUT2D eigenvalue weighted by atomic mass is 10.1. The van der Waals surface area contributed by atoms with Gasteiger partial charge in [0.05, 0.1) is 0 Å². The summed E-state index contributed by atoms with van der Waals surface area (Å²) in [5, 5.41) is 0. The molecule has 0 radical (unpaired) electrons. The average molecular weight is 436 g/mol. The van der Waals surface area contributed by atoms with Crippen molar-refractivity contribution in [2.75, 3.05) is 20.1 Å². The fraction of sp³-hybridized carbons (Fsp3) is 0.600. The highest BCUT2D eigenvalue weighted by Gasteiger charge is 2.61. The number of alkyl halides is 5. The minimum absolute atomic E-state index is 0.360. The van der Waals surface area contributed by atoms with Crippen LogP contribution in [0.15, 0.2) is 34.3 Å². The largest absolute Gasteiger partial charge is 0.499 e. The van der Waals surface area contributed by atoms with E-state index in [0.29, 0.717) is 6.04 Å². The summed E-state index contributed by atoms with van der Waals surface area (Å²) in [6, 6.07) is 5.21. The van der Waals surface area contributed by atoms with Gasteiger partial charge in [0, 0.05) is 32.4 Å². The minimum Gasteiger partial charge on any atom is -0.426 e. The van der Waals surface area contributed by atoms with Crippen molar-refractivity contribution in [2.45, 2.75) is 57.9 Å². The first kappa shape index (κ1) is 25.8. The summed E-state index contributed by atoms with van der Waals surface area (Å²) >= 11 is 0. The van der Waals surface area contributed by atoms with Gasteiger partial charge in [-0.05, 0) is 38.3 Å². The number of halogens is 5. The van der Waals surface area contributed by atoms with Gasteiger partial charge in [-0.15, -0.1) is 0 Å². The van der Waals surface area contributed by atoms with E-state index in [1.807, 2.05) is 6.21 Å². The molecule has 1 saturated heterocycles. The summed E-state index contributed by atoms with van der Waals surface area (Å²) in [7, 11) is 1.80. The van der Waals surface area contributed by atoms with Crippen molar-refractivity contribution in [3.8, 4) is 5.75 Å². The number of likely N-dealkylation sites (tertiary alicyclic amines) is 1. The number of aryl methyl sites for hydroxylation is 1. The molecule has 0 saturated carbocycles. The van der Waals surface area contributed by atoms with Crippen LogP contribution in [-0.2, 0) is 0 Å². The van der Waals surface area contributed by atoms with E-state index in [1.165, 1.54) is 12.1 Å². The summed E-state index contributed by atoms with van der Waals surface area (Å²) in [5.74, 6) is 0.332. The molecule has 30 heavy (non-hydrogen) atoms. The van der Waals surface area contributed by atoms with Gasteiger partial charge in [-0.1, -0.05) is 31.0 Å². The van der Waals surface area contributed by atoms with Crippen molar-refractivity contribution in [3.05, 3.63) is 29.8 Å². The molecule has 5 nitrogen and oxygen atoms in total. The quantitative estimate of drug-likeness (QED) is 0.419. The predicted molar refractivity (Wildman–Crippen MR) is 108 cm³/mol. The van der Waals surface area contributed by atoms with Gasteiger partial charge in [-0.2, -0.15) is 22.0 Å². The highest BCUT2D eigenvalue weighted by molar-refractivity contribution is 5.87. The van der Waals surface area contributed by atoms with Crippen LogP contribution in [0.4, 0.5) is 22.0 Å². The van der Waals surface area contributed by atoms with E-state index in [-0.39, 0.29) is 0 Å². The number of hydrogen-bond donors (Lipinski definition) is 1. The van der Waals surface area contributed by atoms with Gasteiger partial charge < -0.3 is 15.4 Å². The van der Waals surface area contributed by atoms with Gasteiger partial charge in [0.25, 0.3) is 0 Å². The third-order valence-corrected chi connectivity index (χ3v) is 4.24. The number of guanidine groups is 1. The molecule has 2 rings (SSSR count). The van der Waals surface area contributed by atoms with E-state index in [9.17, 15) is 22.0 Å². The molecule has 0 bridgehead atoms. The first-order valence-electron chi connectivity index (χ1n) is 9.70. The summed E-state index contributed by atoms with van der Waals surface area (Å²) in [6.45, 7) is 5.79. The molecule has 0 aliphatic carbocycles. The number of unbranched alkanes of at least 4 members (excludes halogenated alkanes) is 1. The van der Waals surface area contributed by atoms with Gasteiger partial charge in [0.15, 0.2) is 0 Å². The molecule has 1 heterocycles. The molecule has 0 aromatic heterocycles. The van der Waals surface area contributed by atoms with Crippen molar-refractivity contribution in [3.63, 3.8) is 0 Å². The van der Waals surface area contributed by atoms with Crippen LogP contribution in [0.25, 0.3) is 0 Å². The highest BCUT2D eigenvalue weighted by Crippen LogP contribution is 2.37. The van der Waals surface area contributed by atoms with Crippen LogP contribution >= 0.6 is 0 Å². The zero-order chi connectivity index (χ0) is 22.8. The Balaban J connectivity index is 0.000000300. The molecule has 0 atom stereocenters. The molecule has 1 fully saturated rings. The van der Waals surface area contributed by atoms with E-state index < -0.39 is 18.0 Å². The number of nitrogens with two attached hydrogens (primary N) is 1. The third kappa shape index (κ3) is 8.64. The lowest BCUT2D eigenvalue weighted by molar-refractivity contribution is -0.360. The second-order valence-corrected chi connectivity index (χ2v) is 6.88. The zero-order valence-electron chi connectivity index (χ0n) is 17.4. The molecule has 0 unspecified atom stereocenters. The Hall–Kier alpha value is -2.23. The fourth-order valence-electron chi connectivity index (χ4n) is 2.47. The normalized spacial score (nSPS) is 16.4. The Labute approximate surface area is 173 Å². The predicted octanol–water partition coefficient (Wildman–Crippen LogP) is 4.80. The van der Waals surface area contributed by atoms with Crippen LogP contribution < -0.4 is 10.5 Å². The summed E-state index contributed by atoms with van der Waals surface area (Å²) < 4.78 is 63.5. The second-order valence-electron chi connectivity index (χ2n) is 6.88. The number of rotatable bonds is 4. The molecule has 1 aromatic carbocycles. The maximum absolute atomic E-state index is 12.4. The Morgan fingerprint density at radius 1 is 1.17 bits per heavy atom. The Kier molecular flexibility index (Phi) is 10.2. The van der Waals surface area contributed by atoms with Crippen molar-refractivity contribution >= 4 is 12.2 Å². The van der Waals surface area contributed by atoms with Crippen LogP contribution in [-0.4, -0.2) is 55.5 Å². The highest BCUT2D eigenvalue weighted by atomic mass is 19.4. The standard InChI is InChI=1S/C11H22N4.C9H7F5O/c1-3-4-7-14-11(13-2)15-8-5-10(12)6-9-15;1-6-2-4-7(5-3-6)15-9(13,14)8(10,11)12/h7,10H,3-6,8-9,12H2,1-2H3;2-5H,1H3/b13-11?,14-7-;. The molecule has 0 amide bonds. The van der Waals surface area contributed by atoms with Gasteiger partial charge in [0.1, 0.15) is 5.75 Å². The number of aliphatic imine (C=N–C) groups is 2. The number of piperidine rings is 1. The fourth-order valence-corrected chi connectivity index (χ4v) is 2.47. The lowest BCUT2D eigenvalue weighted by Gasteiger charge is -2.30. The topological polar surface area (TPSA) is 63.2 Å². The maximum atomic E-state index is 12.4. The van der Waals surface area contributed by atoms with E-state index in [0.717, 1.165) is 62.4 Å². The molecule has 170 valence electrons. The smallest absolute Gasteiger partial charge is 0.426 e. The van der Waals surface area contributed by atoms with Crippen LogP contribution in [0.3, 0.4) is 0 Å². The third-order valence-electron chi connectivity index (χ3n) is 4.24. The van der Waals surface area contributed by atoms with Gasteiger partial charge in [-0.25, -0.2) is 4.99 Å². The van der Waals surface area contributed by atoms with Crippen LogP contribution in [0, 0.1) is 6.92 Å². The molecular weight excluding hydrogens is 407 g/mol. The first-order chi connectivity index (χ1) is 14.0. The monoisotopic (exact) mass is 436 g/mol. The molecule has 0 spiro atoms. The summed E-state index contributed by atoms with van der Waals surface area (Å²) in [4.78, 5) is 10.8. The number of nitrogens with zero attached hydrogens (tertiary/aromatic N) is 3. The van der Waals surface area contributed by atoms with Crippen molar-refractivity contribution in [1.29, 1.82) is 0 Å². The Morgan fingerprint density at radius 3 is 2.20 bits per heavy atom. The van der Waals surface area contributed by atoms with Gasteiger partial charge >= 0.3 is 12.3 Å². The summed E-state index contributed by atoms with van der Waals surface area (Å²) in [5.41, 5.74) is 6.59. The number of ether oxygens (including phenoxy) is 1. The number of benzene rings is 1. The van der Waals surface area contributed by atoms with E-state index in [4.69, 9.17) is 5.73 Å².